The molecular weight excluding hydrogens is 306 g/mol. The van der Waals surface area contributed by atoms with Crippen molar-refractivity contribution >= 4 is 5.91 Å². The molecule has 1 unspecified atom stereocenters. The van der Waals surface area contributed by atoms with Crippen LogP contribution in [0, 0.1) is 0 Å². The second-order valence-corrected chi connectivity index (χ2v) is 6.20. The Morgan fingerprint density at radius 3 is 2.54 bits per heavy atom. The molecule has 0 radical (unpaired) electrons. The number of benzene rings is 1. The monoisotopic (exact) mass is 335 g/mol. The lowest BCUT2D eigenvalue weighted by molar-refractivity contribution is -0.127. The molecule has 1 amide bonds. The molecule has 0 spiro atoms. The summed E-state index contributed by atoms with van der Waals surface area (Å²) in [5, 5.41) is 2.95. The van der Waals surface area contributed by atoms with E-state index in [2.05, 4.69) is 22.2 Å². The molecule has 1 atom stereocenters. The number of hydrogen-bond acceptors (Lipinski definition) is 5. The maximum atomic E-state index is 12.1. The van der Waals surface area contributed by atoms with Crippen molar-refractivity contribution < 1.29 is 14.3 Å². The number of nitrogens with zero attached hydrogens (tertiary/aromatic N) is 2. The van der Waals surface area contributed by atoms with Crippen LogP contribution in [-0.2, 0) is 4.79 Å². The summed E-state index contributed by atoms with van der Waals surface area (Å²) in [6.07, 6.45) is 0.404. The van der Waals surface area contributed by atoms with Gasteiger partial charge < -0.3 is 24.6 Å². The highest BCUT2D eigenvalue weighted by Gasteiger charge is 2.17. The average Bonchev–Trinajstić information content (AvgIpc) is 2.60. The number of methoxy groups -OCH3 is 1. The zero-order valence-electron chi connectivity index (χ0n) is 15.0. The topological polar surface area (TPSA) is 54.0 Å². The highest BCUT2D eigenvalue weighted by molar-refractivity contribution is 5.80. The maximum Gasteiger partial charge on any atom is 0.260 e. The Bertz CT molecular complexity index is 516. The van der Waals surface area contributed by atoms with Crippen molar-refractivity contribution in [1.82, 2.24) is 15.1 Å². The summed E-state index contributed by atoms with van der Waals surface area (Å²) in [6, 6.07) is 7.35. The number of carbonyl (C=O) groups excluding carboxylic acids is 1. The largest absolute Gasteiger partial charge is 0.493 e. The van der Waals surface area contributed by atoms with E-state index < -0.39 is 6.10 Å². The molecule has 1 heterocycles. The standard InChI is InChI=1S/C18H29N3O3/c1-15(24-17-8-5-4-7-16(17)23-3)18(22)19-9-6-10-21-13-11-20(2)12-14-21/h4-5,7-8,15H,6,9-14H2,1-3H3,(H,19,22). The Kier molecular flexibility index (Phi) is 7.34. The first kappa shape index (κ1) is 18.5. The van der Waals surface area contributed by atoms with Gasteiger partial charge in [0.15, 0.2) is 17.6 Å². The summed E-state index contributed by atoms with van der Waals surface area (Å²) in [5.74, 6) is 1.12. The Balaban J connectivity index is 1.66. The molecule has 6 nitrogen and oxygen atoms in total. The van der Waals surface area contributed by atoms with Crippen LogP contribution in [0.5, 0.6) is 11.5 Å². The second-order valence-electron chi connectivity index (χ2n) is 6.20. The van der Waals surface area contributed by atoms with Crippen molar-refractivity contribution in [2.45, 2.75) is 19.4 Å². The van der Waals surface area contributed by atoms with Crippen LogP contribution in [0.15, 0.2) is 24.3 Å². The van der Waals surface area contributed by atoms with Gasteiger partial charge in [-0.2, -0.15) is 0 Å². The molecule has 2 rings (SSSR count). The Morgan fingerprint density at radius 2 is 1.88 bits per heavy atom. The van der Waals surface area contributed by atoms with Gasteiger partial charge in [0.25, 0.3) is 5.91 Å². The van der Waals surface area contributed by atoms with Gasteiger partial charge in [0, 0.05) is 32.7 Å². The van der Waals surface area contributed by atoms with Gasteiger partial charge in [0.1, 0.15) is 0 Å². The number of hydrogen-bond donors (Lipinski definition) is 1. The fourth-order valence-corrected chi connectivity index (χ4v) is 2.69. The molecule has 1 aromatic carbocycles. The number of ether oxygens (including phenoxy) is 2. The van der Waals surface area contributed by atoms with Crippen molar-refractivity contribution in [3.63, 3.8) is 0 Å². The number of carbonyl (C=O) groups is 1. The molecule has 1 aliphatic heterocycles. The minimum absolute atomic E-state index is 0.0979. The summed E-state index contributed by atoms with van der Waals surface area (Å²) in [4.78, 5) is 16.9. The normalized spacial score (nSPS) is 17.3. The minimum Gasteiger partial charge on any atom is -0.493 e. The number of para-hydroxylation sites is 2. The number of amides is 1. The molecule has 134 valence electrons. The van der Waals surface area contributed by atoms with Crippen LogP contribution in [0.4, 0.5) is 0 Å². The van der Waals surface area contributed by atoms with Gasteiger partial charge in [-0.05, 0) is 39.1 Å². The van der Waals surface area contributed by atoms with Crippen molar-refractivity contribution in [3.05, 3.63) is 24.3 Å². The number of nitrogens with one attached hydrogen (secondary N) is 1. The Hall–Kier alpha value is -1.79. The number of likely N-dealkylation sites (N-methyl/N-ethyl adjacent to an activating group) is 1. The molecule has 0 bridgehead atoms. The number of piperazine rings is 1. The van der Waals surface area contributed by atoms with Crippen LogP contribution in [0.3, 0.4) is 0 Å². The van der Waals surface area contributed by atoms with E-state index in [1.807, 2.05) is 18.2 Å². The first-order valence-electron chi connectivity index (χ1n) is 8.58. The summed E-state index contributed by atoms with van der Waals surface area (Å²) in [7, 11) is 3.74. The molecule has 0 aliphatic carbocycles. The lowest BCUT2D eigenvalue weighted by Crippen LogP contribution is -2.45. The van der Waals surface area contributed by atoms with E-state index in [9.17, 15) is 4.79 Å². The van der Waals surface area contributed by atoms with Gasteiger partial charge in [-0.1, -0.05) is 12.1 Å². The van der Waals surface area contributed by atoms with Gasteiger partial charge >= 0.3 is 0 Å². The average molecular weight is 335 g/mol. The molecular formula is C18H29N3O3. The predicted octanol–water partition coefficient (Wildman–Crippen LogP) is 1.22. The van der Waals surface area contributed by atoms with Crippen molar-refractivity contribution in [1.29, 1.82) is 0 Å². The van der Waals surface area contributed by atoms with Gasteiger partial charge in [-0.3, -0.25) is 4.79 Å². The van der Waals surface area contributed by atoms with Gasteiger partial charge in [0.05, 0.1) is 7.11 Å². The van der Waals surface area contributed by atoms with E-state index in [1.54, 1.807) is 20.1 Å². The number of rotatable bonds is 8. The second kappa shape index (κ2) is 9.49. The van der Waals surface area contributed by atoms with Crippen LogP contribution in [0.1, 0.15) is 13.3 Å². The van der Waals surface area contributed by atoms with Crippen LogP contribution in [-0.4, -0.2) is 75.2 Å². The third kappa shape index (κ3) is 5.69. The third-order valence-electron chi connectivity index (χ3n) is 4.29. The molecule has 1 aliphatic rings. The van der Waals surface area contributed by atoms with Crippen LogP contribution >= 0.6 is 0 Å². The van der Waals surface area contributed by atoms with Crippen molar-refractivity contribution in [2.75, 3.05) is 53.4 Å². The first-order chi connectivity index (χ1) is 11.6. The molecule has 1 N–H and O–H groups in total. The van der Waals surface area contributed by atoms with Crippen LogP contribution in [0.2, 0.25) is 0 Å². The van der Waals surface area contributed by atoms with E-state index in [-0.39, 0.29) is 5.91 Å². The lowest BCUT2D eigenvalue weighted by atomic mass is 10.3. The van der Waals surface area contributed by atoms with Crippen molar-refractivity contribution in [2.24, 2.45) is 0 Å². The molecule has 0 aromatic heterocycles. The van der Waals surface area contributed by atoms with Crippen LogP contribution < -0.4 is 14.8 Å². The summed E-state index contributed by atoms with van der Waals surface area (Å²) >= 11 is 0. The molecule has 24 heavy (non-hydrogen) atoms. The molecule has 1 aromatic rings. The Labute approximate surface area is 144 Å². The molecule has 6 heteroatoms. The van der Waals surface area contributed by atoms with Gasteiger partial charge in [0.2, 0.25) is 0 Å². The third-order valence-corrected chi connectivity index (χ3v) is 4.29. The molecule has 0 saturated carbocycles. The van der Waals surface area contributed by atoms with E-state index in [0.717, 1.165) is 39.1 Å². The van der Waals surface area contributed by atoms with E-state index >= 15 is 0 Å². The Morgan fingerprint density at radius 1 is 1.21 bits per heavy atom. The predicted molar refractivity (Wildman–Crippen MR) is 94.6 cm³/mol. The van der Waals surface area contributed by atoms with E-state index in [4.69, 9.17) is 9.47 Å². The van der Waals surface area contributed by atoms with Crippen LogP contribution in [0.25, 0.3) is 0 Å². The summed E-state index contributed by atoms with van der Waals surface area (Å²) in [5.41, 5.74) is 0. The van der Waals surface area contributed by atoms with E-state index in [0.29, 0.717) is 18.0 Å². The van der Waals surface area contributed by atoms with Crippen molar-refractivity contribution in [3.8, 4) is 11.5 Å². The SMILES string of the molecule is COc1ccccc1OC(C)C(=O)NCCCN1CCN(C)CC1. The fourth-order valence-electron chi connectivity index (χ4n) is 2.69. The highest BCUT2D eigenvalue weighted by Crippen LogP contribution is 2.26. The highest BCUT2D eigenvalue weighted by atomic mass is 16.5. The maximum absolute atomic E-state index is 12.1. The quantitative estimate of drug-likeness (QED) is 0.724. The summed E-state index contributed by atoms with van der Waals surface area (Å²) < 4.78 is 10.9. The zero-order valence-corrected chi connectivity index (χ0v) is 15.0. The molecule has 1 fully saturated rings. The zero-order chi connectivity index (χ0) is 17.4. The van der Waals surface area contributed by atoms with Gasteiger partial charge in [-0.25, -0.2) is 0 Å². The smallest absolute Gasteiger partial charge is 0.260 e. The van der Waals surface area contributed by atoms with Gasteiger partial charge in [-0.15, -0.1) is 0 Å². The first-order valence-corrected chi connectivity index (χ1v) is 8.58. The minimum atomic E-state index is -0.551. The lowest BCUT2D eigenvalue weighted by Gasteiger charge is -2.32. The fraction of sp³-hybridized carbons (Fsp3) is 0.611. The molecule has 1 saturated heterocycles. The van der Waals surface area contributed by atoms with E-state index in [1.165, 1.54) is 0 Å². The summed E-state index contributed by atoms with van der Waals surface area (Å²) in [6.45, 7) is 7.91.